The highest BCUT2D eigenvalue weighted by Gasteiger charge is 2.12. The zero-order valence-corrected chi connectivity index (χ0v) is 9.68. The van der Waals surface area contributed by atoms with Crippen molar-refractivity contribution in [3.63, 3.8) is 0 Å². The van der Waals surface area contributed by atoms with Crippen molar-refractivity contribution in [2.24, 2.45) is 0 Å². The highest BCUT2D eigenvalue weighted by atomic mass is 28.1. The van der Waals surface area contributed by atoms with Crippen LogP contribution in [0.1, 0.15) is 0 Å². The number of hydrogen-bond acceptors (Lipinski definition) is 2. The minimum atomic E-state index is 0.423. The summed E-state index contributed by atoms with van der Waals surface area (Å²) in [6.45, 7) is 3.98. The molecule has 0 aromatic heterocycles. The third-order valence-electron chi connectivity index (χ3n) is 1.42. The summed E-state index contributed by atoms with van der Waals surface area (Å²) in [7, 11) is 9.38. The van der Waals surface area contributed by atoms with Crippen LogP contribution >= 0.6 is 0 Å². The van der Waals surface area contributed by atoms with E-state index in [1.807, 2.05) is 0 Å². The Balaban J connectivity index is 4.12. The molecular weight excluding hydrogens is 140 g/mol. The molecule has 0 saturated heterocycles. The summed E-state index contributed by atoms with van der Waals surface area (Å²) in [4.78, 5) is 4.35. The van der Waals surface area contributed by atoms with Crippen LogP contribution in [0.5, 0.6) is 0 Å². The van der Waals surface area contributed by atoms with Gasteiger partial charge < -0.3 is 0 Å². The molecule has 0 saturated carbocycles. The van der Waals surface area contributed by atoms with E-state index in [-0.39, 0.29) is 0 Å². The van der Waals surface area contributed by atoms with Gasteiger partial charge in [-0.05, 0) is 28.2 Å². The Labute approximate surface area is 66.9 Å². The third-order valence-corrected chi connectivity index (χ3v) is 1.94. The van der Waals surface area contributed by atoms with Crippen LogP contribution in [-0.4, -0.2) is 54.4 Å². The van der Waals surface area contributed by atoms with Crippen LogP contribution in [0.2, 0.25) is 0 Å². The van der Waals surface area contributed by atoms with Crippen molar-refractivity contribution in [1.29, 1.82) is 0 Å². The lowest BCUT2D eigenvalue weighted by atomic mass is 10.4. The van der Waals surface area contributed by atoms with Crippen LogP contribution in [0.4, 0.5) is 0 Å². The summed E-state index contributed by atoms with van der Waals surface area (Å²) < 4.78 is 0. The molecule has 0 aliphatic rings. The van der Waals surface area contributed by atoms with E-state index in [2.05, 4.69) is 44.6 Å². The Bertz CT molecular complexity index is 113. The standard InChI is InChI=1S/C7H18N2Si/c1-6(10)7(8(2)3)9(4)5/h7H,1H2,2-5,10H3. The molecule has 0 aliphatic heterocycles. The average molecular weight is 158 g/mol. The quantitative estimate of drug-likeness (QED) is 0.396. The van der Waals surface area contributed by atoms with Crippen LogP contribution in [-0.2, 0) is 0 Å². The maximum atomic E-state index is 3.98. The molecule has 0 unspecified atom stereocenters. The van der Waals surface area contributed by atoms with Gasteiger partial charge in [0.1, 0.15) is 0 Å². The van der Waals surface area contributed by atoms with E-state index in [9.17, 15) is 0 Å². The lowest BCUT2D eigenvalue weighted by molar-refractivity contribution is 0.170. The third kappa shape index (κ3) is 2.64. The molecule has 0 fully saturated rings. The molecule has 10 heavy (non-hydrogen) atoms. The molecule has 0 N–H and O–H groups in total. The summed E-state index contributed by atoms with van der Waals surface area (Å²) in [6, 6.07) is 0. The van der Waals surface area contributed by atoms with Crippen molar-refractivity contribution in [3.05, 3.63) is 11.8 Å². The van der Waals surface area contributed by atoms with E-state index in [0.29, 0.717) is 6.17 Å². The first-order chi connectivity index (χ1) is 4.46. The molecule has 60 valence electrons. The second-order valence-electron chi connectivity index (χ2n) is 3.15. The number of hydrogen-bond donors (Lipinski definition) is 0. The minimum absolute atomic E-state index is 0.423. The maximum Gasteiger partial charge on any atom is 0.0786 e. The fourth-order valence-corrected chi connectivity index (χ4v) is 2.38. The first kappa shape index (κ1) is 9.88. The summed E-state index contributed by atoms with van der Waals surface area (Å²) >= 11 is 0. The highest BCUT2D eigenvalue weighted by Crippen LogP contribution is 2.03. The van der Waals surface area contributed by atoms with Crippen LogP contribution < -0.4 is 0 Å². The van der Waals surface area contributed by atoms with Gasteiger partial charge in [-0.1, -0.05) is 5.20 Å². The van der Waals surface area contributed by atoms with Crippen LogP contribution in [0.15, 0.2) is 11.8 Å². The molecule has 0 heterocycles. The van der Waals surface area contributed by atoms with Gasteiger partial charge in [0, 0.05) is 10.2 Å². The molecule has 0 aromatic rings. The molecule has 0 rings (SSSR count). The average Bonchev–Trinajstić information content (AvgIpc) is 1.59. The van der Waals surface area contributed by atoms with Gasteiger partial charge in [0.2, 0.25) is 0 Å². The second-order valence-corrected chi connectivity index (χ2v) is 4.43. The molecule has 0 amide bonds. The second kappa shape index (κ2) is 3.90. The summed E-state index contributed by atoms with van der Waals surface area (Å²) in [6.07, 6.45) is 0.423. The van der Waals surface area contributed by atoms with Crippen molar-refractivity contribution in [3.8, 4) is 0 Å². The molecular formula is C7H18N2Si. The van der Waals surface area contributed by atoms with E-state index >= 15 is 0 Å². The Morgan fingerprint density at radius 3 is 1.50 bits per heavy atom. The van der Waals surface area contributed by atoms with Gasteiger partial charge in [-0.15, -0.1) is 6.58 Å². The van der Waals surface area contributed by atoms with Crippen LogP contribution in [0.3, 0.4) is 0 Å². The monoisotopic (exact) mass is 158 g/mol. The first-order valence-electron chi connectivity index (χ1n) is 3.45. The van der Waals surface area contributed by atoms with Gasteiger partial charge in [-0.2, -0.15) is 0 Å². The lowest BCUT2D eigenvalue weighted by Gasteiger charge is -2.30. The zero-order valence-electron chi connectivity index (χ0n) is 7.68. The van der Waals surface area contributed by atoms with E-state index in [1.54, 1.807) is 0 Å². The van der Waals surface area contributed by atoms with Gasteiger partial charge >= 0.3 is 0 Å². The number of nitrogens with zero attached hydrogens (tertiary/aromatic N) is 2. The minimum Gasteiger partial charge on any atom is -0.291 e. The topological polar surface area (TPSA) is 6.48 Å². The van der Waals surface area contributed by atoms with Crippen molar-refractivity contribution < 1.29 is 0 Å². The number of rotatable bonds is 3. The zero-order chi connectivity index (χ0) is 8.31. The Morgan fingerprint density at radius 1 is 1.20 bits per heavy atom. The molecule has 0 aromatic carbocycles. The Morgan fingerprint density at radius 2 is 1.50 bits per heavy atom. The maximum absolute atomic E-state index is 3.98. The first-order valence-corrected chi connectivity index (χ1v) is 4.45. The smallest absolute Gasteiger partial charge is 0.0786 e. The van der Waals surface area contributed by atoms with Crippen LogP contribution in [0, 0.1) is 0 Å². The Kier molecular flexibility index (Phi) is 3.86. The van der Waals surface area contributed by atoms with E-state index in [1.165, 1.54) is 5.20 Å². The predicted octanol–water partition coefficient (Wildman–Crippen LogP) is -0.685. The summed E-state index contributed by atoms with van der Waals surface area (Å²) in [5, 5.41) is 1.31. The highest BCUT2D eigenvalue weighted by molar-refractivity contribution is 6.21. The molecule has 0 atom stereocenters. The SMILES string of the molecule is C=C([SiH3])C(N(C)C)N(C)C. The molecule has 2 nitrogen and oxygen atoms in total. The van der Waals surface area contributed by atoms with Gasteiger partial charge in [0.15, 0.2) is 0 Å². The van der Waals surface area contributed by atoms with Crippen LogP contribution in [0.25, 0.3) is 0 Å². The van der Waals surface area contributed by atoms with Crippen molar-refractivity contribution in [2.75, 3.05) is 28.2 Å². The predicted molar refractivity (Wildman–Crippen MR) is 50.2 cm³/mol. The molecule has 0 bridgehead atoms. The fourth-order valence-electron chi connectivity index (χ4n) is 1.34. The molecule has 0 aliphatic carbocycles. The largest absolute Gasteiger partial charge is 0.291 e. The Hall–Kier alpha value is -0.123. The van der Waals surface area contributed by atoms with Gasteiger partial charge in [0.25, 0.3) is 0 Å². The summed E-state index contributed by atoms with van der Waals surface area (Å²) in [5.41, 5.74) is 0. The molecule has 3 heteroatoms. The van der Waals surface area contributed by atoms with E-state index in [0.717, 1.165) is 10.2 Å². The lowest BCUT2D eigenvalue weighted by Crippen LogP contribution is -2.41. The fraction of sp³-hybridized carbons (Fsp3) is 0.714. The van der Waals surface area contributed by atoms with E-state index < -0.39 is 0 Å². The normalized spacial score (nSPS) is 11.9. The molecule has 0 radical (unpaired) electrons. The van der Waals surface area contributed by atoms with Crippen molar-refractivity contribution in [2.45, 2.75) is 6.17 Å². The van der Waals surface area contributed by atoms with Gasteiger partial charge in [-0.25, -0.2) is 0 Å². The summed E-state index contributed by atoms with van der Waals surface area (Å²) in [5.74, 6) is 0. The van der Waals surface area contributed by atoms with Gasteiger partial charge in [-0.3, -0.25) is 9.80 Å². The molecule has 0 spiro atoms. The van der Waals surface area contributed by atoms with E-state index in [4.69, 9.17) is 0 Å². The number of likely N-dealkylation sites (N-methyl/N-ethyl adjacent to an activating group) is 2. The van der Waals surface area contributed by atoms with Crippen molar-refractivity contribution >= 4 is 10.2 Å². The van der Waals surface area contributed by atoms with Crippen molar-refractivity contribution in [1.82, 2.24) is 9.80 Å². The van der Waals surface area contributed by atoms with Gasteiger partial charge in [0.05, 0.1) is 6.17 Å².